The number of rotatable bonds is 11. The molecule has 0 unspecified atom stereocenters. The van der Waals surface area contributed by atoms with Gasteiger partial charge in [0.25, 0.3) is 5.91 Å². The minimum atomic E-state index is -0.470. The lowest BCUT2D eigenvalue weighted by Gasteiger charge is -2.30. The Morgan fingerprint density at radius 3 is 2.45 bits per heavy atom. The Balaban J connectivity index is 1.39. The highest BCUT2D eigenvalue weighted by Gasteiger charge is 2.24. The number of carbonyl (C=O) groups excluding carboxylic acids is 2. The quantitative estimate of drug-likeness (QED) is 0.222. The molecule has 1 aromatic heterocycles. The Bertz CT molecular complexity index is 922. The minimum Gasteiger partial charge on any atom is -0.468 e. The van der Waals surface area contributed by atoms with Gasteiger partial charge in [-0.3, -0.25) is 14.8 Å². The van der Waals surface area contributed by atoms with E-state index in [1.807, 2.05) is 6.07 Å². The topological polar surface area (TPSA) is 99.7 Å². The standard InChI is InChI=1S/C25H37N3O4S/c1-16(2)10-21(25(30)32-3)27-15-18-6-4-17(5-7-18)13-26-14-19-8-9-20-12-23(24(29)28-31)33-22(20)11-19/h8-9,11-12,16-18,21,26-27,31H,4-7,10,13-15H2,1-3H3,(H,28,29)/t17?,18?,21-/m0/s1. The molecule has 33 heavy (non-hydrogen) atoms. The summed E-state index contributed by atoms with van der Waals surface area (Å²) in [6, 6.07) is 7.81. The molecule has 8 heteroatoms. The smallest absolute Gasteiger partial charge is 0.322 e. The summed E-state index contributed by atoms with van der Waals surface area (Å²) in [5.74, 6) is 1.12. The maximum Gasteiger partial charge on any atom is 0.322 e. The van der Waals surface area contributed by atoms with Gasteiger partial charge in [0.05, 0.1) is 12.0 Å². The molecule has 1 aliphatic rings. The summed E-state index contributed by atoms with van der Waals surface area (Å²) < 4.78 is 6.00. The van der Waals surface area contributed by atoms with Crippen molar-refractivity contribution in [2.24, 2.45) is 17.8 Å². The first-order chi connectivity index (χ1) is 15.9. The van der Waals surface area contributed by atoms with E-state index in [0.717, 1.165) is 36.1 Å². The first kappa shape index (κ1) is 25.6. The fourth-order valence-electron chi connectivity index (χ4n) is 4.60. The number of ether oxygens (including phenoxy) is 1. The highest BCUT2D eigenvalue weighted by molar-refractivity contribution is 7.20. The van der Waals surface area contributed by atoms with Crippen molar-refractivity contribution in [3.8, 4) is 0 Å². The van der Waals surface area contributed by atoms with E-state index in [2.05, 4.69) is 36.6 Å². The molecule has 182 valence electrons. The molecule has 1 aliphatic carbocycles. The van der Waals surface area contributed by atoms with Crippen LogP contribution in [0.1, 0.15) is 61.2 Å². The van der Waals surface area contributed by atoms with Crippen molar-refractivity contribution in [3.63, 3.8) is 0 Å². The van der Waals surface area contributed by atoms with Gasteiger partial charge in [-0.1, -0.05) is 26.0 Å². The predicted molar refractivity (Wildman–Crippen MR) is 131 cm³/mol. The summed E-state index contributed by atoms with van der Waals surface area (Å²) in [6.45, 7) is 6.93. The lowest BCUT2D eigenvalue weighted by atomic mass is 9.81. The second-order valence-corrected chi connectivity index (χ2v) is 10.6. The molecule has 1 saturated carbocycles. The van der Waals surface area contributed by atoms with E-state index in [-0.39, 0.29) is 12.0 Å². The summed E-state index contributed by atoms with van der Waals surface area (Å²) in [4.78, 5) is 24.1. The van der Waals surface area contributed by atoms with Gasteiger partial charge in [0.1, 0.15) is 6.04 Å². The molecule has 0 radical (unpaired) electrons. The van der Waals surface area contributed by atoms with Crippen LogP contribution >= 0.6 is 11.3 Å². The Morgan fingerprint density at radius 1 is 1.12 bits per heavy atom. The van der Waals surface area contributed by atoms with Crippen LogP contribution < -0.4 is 16.1 Å². The molecule has 1 amide bonds. The Kier molecular flexibility index (Phi) is 9.67. The zero-order valence-electron chi connectivity index (χ0n) is 19.9. The van der Waals surface area contributed by atoms with Crippen molar-refractivity contribution >= 4 is 33.3 Å². The van der Waals surface area contributed by atoms with Gasteiger partial charge < -0.3 is 15.4 Å². The van der Waals surface area contributed by atoms with E-state index in [4.69, 9.17) is 9.94 Å². The third-order valence-corrected chi connectivity index (χ3v) is 7.58. The normalized spacial score (nSPS) is 19.5. The Morgan fingerprint density at radius 2 is 1.82 bits per heavy atom. The van der Waals surface area contributed by atoms with Crippen molar-refractivity contribution in [1.82, 2.24) is 16.1 Å². The summed E-state index contributed by atoms with van der Waals surface area (Å²) >= 11 is 1.38. The number of carbonyl (C=O) groups is 2. The van der Waals surface area contributed by atoms with Gasteiger partial charge in [0.15, 0.2) is 0 Å². The van der Waals surface area contributed by atoms with Crippen LogP contribution in [0.15, 0.2) is 24.3 Å². The molecule has 3 rings (SSSR count). The molecule has 7 nitrogen and oxygen atoms in total. The van der Waals surface area contributed by atoms with Crippen LogP contribution in [-0.4, -0.2) is 43.3 Å². The zero-order valence-corrected chi connectivity index (χ0v) is 20.7. The van der Waals surface area contributed by atoms with Crippen molar-refractivity contribution in [3.05, 3.63) is 34.7 Å². The first-order valence-corrected chi connectivity index (χ1v) is 12.7. The van der Waals surface area contributed by atoms with Crippen molar-refractivity contribution in [2.75, 3.05) is 20.2 Å². The molecule has 4 N–H and O–H groups in total. The maximum absolute atomic E-state index is 12.0. The number of benzene rings is 1. The second kappa shape index (κ2) is 12.5. The molecule has 1 atom stereocenters. The number of hydrogen-bond acceptors (Lipinski definition) is 7. The lowest BCUT2D eigenvalue weighted by molar-refractivity contribution is -0.143. The molecule has 0 saturated heterocycles. The lowest BCUT2D eigenvalue weighted by Crippen LogP contribution is -2.42. The van der Waals surface area contributed by atoms with Crippen LogP contribution in [0.3, 0.4) is 0 Å². The van der Waals surface area contributed by atoms with E-state index in [1.165, 1.54) is 49.7 Å². The fraction of sp³-hybridized carbons (Fsp3) is 0.600. The highest BCUT2D eigenvalue weighted by Crippen LogP contribution is 2.29. The highest BCUT2D eigenvalue weighted by atomic mass is 32.1. The minimum absolute atomic E-state index is 0.157. The molecule has 1 heterocycles. The van der Waals surface area contributed by atoms with Gasteiger partial charge >= 0.3 is 5.97 Å². The summed E-state index contributed by atoms with van der Waals surface area (Å²) in [5.41, 5.74) is 2.89. The average Bonchev–Trinajstić information content (AvgIpc) is 3.25. The average molecular weight is 476 g/mol. The molecule has 0 bridgehead atoms. The van der Waals surface area contributed by atoms with Crippen molar-refractivity contribution in [1.29, 1.82) is 0 Å². The maximum atomic E-state index is 12.0. The van der Waals surface area contributed by atoms with E-state index < -0.39 is 5.91 Å². The van der Waals surface area contributed by atoms with Crippen LogP contribution in [0.5, 0.6) is 0 Å². The van der Waals surface area contributed by atoms with E-state index in [9.17, 15) is 9.59 Å². The number of methoxy groups -OCH3 is 1. The van der Waals surface area contributed by atoms with Gasteiger partial charge in [-0.25, -0.2) is 5.48 Å². The van der Waals surface area contributed by atoms with Crippen LogP contribution in [0.25, 0.3) is 10.1 Å². The van der Waals surface area contributed by atoms with E-state index in [1.54, 1.807) is 11.5 Å². The SMILES string of the molecule is COC(=O)[C@H](CC(C)C)NCC1CCC(CNCc2ccc3cc(C(=O)NO)sc3c2)CC1. The molecule has 1 aromatic carbocycles. The Labute approximate surface area is 200 Å². The van der Waals surface area contributed by atoms with Gasteiger partial charge in [0, 0.05) is 11.2 Å². The fourth-order valence-corrected chi connectivity index (χ4v) is 5.61. The van der Waals surface area contributed by atoms with Gasteiger partial charge in [-0.05, 0) is 86.0 Å². The number of thiophene rings is 1. The van der Waals surface area contributed by atoms with Gasteiger partial charge in [0.2, 0.25) is 0 Å². The number of fused-ring (bicyclic) bond motifs is 1. The third kappa shape index (κ3) is 7.50. The monoisotopic (exact) mass is 475 g/mol. The number of hydroxylamine groups is 1. The number of amides is 1. The molecule has 2 aromatic rings. The van der Waals surface area contributed by atoms with Crippen LogP contribution in [0.2, 0.25) is 0 Å². The van der Waals surface area contributed by atoms with Gasteiger partial charge in [-0.2, -0.15) is 0 Å². The largest absolute Gasteiger partial charge is 0.468 e. The molecule has 0 spiro atoms. The molecule has 1 fully saturated rings. The second-order valence-electron chi connectivity index (χ2n) is 9.55. The zero-order chi connectivity index (χ0) is 23.8. The number of hydrogen-bond donors (Lipinski definition) is 4. The van der Waals surface area contributed by atoms with Crippen molar-refractivity contribution < 1.29 is 19.5 Å². The summed E-state index contributed by atoms with van der Waals surface area (Å²) in [7, 11) is 1.46. The summed E-state index contributed by atoms with van der Waals surface area (Å²) in [6.07, 6.45) is 5.59. The first-order valence-electron chi connectivity index (χ1n) is 11.9. The number of esters is 1. The Hall–Kier alpha value is -2.00. The van der Waals surface area contributed by atoms with Crippen molar-refractivity contribution in [2.45, 2.75) is 58.5 Å². The summed E-state index contributed by atoms with van der Waals surface area (Å²) in [5, 5.41) is 16.9. The van der Waals surface area contributed by atoms with Gasteiger partial charge in [-0.15, -0.1) is 11.3 Å². The van der Waals surface area contributed by atoms with E-state index >= 15 is 0 Å². The third-order valence-electron chi connectivity index (χ3n) is 6.48. The van der Waals surface area contributed by atoms with Crippen LogP contribution in [-0.2, 0) is 16.1 Å². The predicted octanol–water partition coefficient (Wildman–Crippen LogP) is 4.09. The molecular formula is C25H37N3O4S. The van der Waals surface area contributed by atoms with Crippen LogP contribution in [0.4, 0.5) is 0 Å². The van der Waals surface area contributed by atoms with Crippen LogP contribution in [0, 0.1) is 17.8 Å². The van der Waals surface area contributed by atoms with E-state index in [0.29, 0.717) is 22.6 Å². The number of nitrogens with one attached hydrogen (secondary N) is 3. The molecular weight excluding hydrogens is 438 g/mol. The molecule has 0 aliphatic heterocycles.